The van der Waals surface area contributed by atoms with Crippen LogP contribution in [0.1, 0.15) is 46.9 Å². The summed E-state index contributed by atoms with van der Waals surface area (Å²) in [6, 6.07) is 6.98. The number of carbonyl (C=O) groups is 1. The normalized spacial score (nSPS) is 25.9. The van der Waals surface area contributed by atoms with Crippen molar-refractivity contribution in [3.8, 4) is 0 Å². The van der Waals surface area contributed by atoms with Crippen LogP contribution >= 0.6 is 11.6 Å². The standard InChI is InChI=1S/C20H18ClN3O9/c1-10-17(14-9-31-18(13(14)8-22-10)11-2-4-12(21)5-3-11)20(19(25)26)6-15(32-23(27)28)16(7-20)33-24(29)30/h2-5,8,15-16,18H,6-7,9H2,1H3,(H,25,26)/t15-,16+,18-,20?/m1/s1. The SMILES string of the molecule is Cc1ncc2c(c1C1(C(=O)O)C[C@H](O[N+](=O)[O-])[C@H](O[N+](=O)[O-])C1)CO[C@@H]2c1ccc(Cl)cc1. The lowest BCUT2D eigenvalue weighted by Gasteiger charge is -2.28. The lowest BCUT2D eigenvalue weighted by Crippen LogP contribution is -2.36. The third-order valence-electron chi connectivity index (χ3n) is 6.10. The van der Waals surface area contributed by atoms with E-state index < -0.39 is 52.7 Å². The largest absolute Gasteiger partial charge is 0.481 e. The number of aromatic nitrogens is 1. The second kappa shape index (κ2) is 8.45. The Morgan fingerprint density at radius 3 is 2.27 bits per heavy atom. The molecule has 1 fully saturated rings. The minimum atomic E-state index is -1.76. The van der Waals surface area contributed by atoms with Gasteiger partial charge in [-0.3, -0.25) is 9.78 Å². The Kier molecular flexibility index (Phi) is 5.80. The zero-order valence-electron chi connectivity index (χ0n) is 17.2. The molecule has 1 unspecified atom stereocenters. The first kappa shape index (κ1) is 22.7. The maximum absolute atomic E-state index is 12.6. The minimum absolute atomic E-state index is 0.0673. The molecule has 1 aliphatic heterocycles. The number of pyridine rings is 1. The Labute approximate surface area is 191 Å². The molecule has 2 aromatic rings. The summed E-state index contributed by atoms with van der Waals surface area (Å²) in [5.74, 6) is -1.32. The highest BCUT2D eigenvalue weighted by Gasteiger charge is 2.57. The first-order valence-electron chi connectivity index (χ1n) is 9.84. The van der Waals surface area contributed by atoms with Crippen molar-refractivity contribution >= 4 is 17.6 Å². The quantitative estimate of drug-likeness (QED) is 0.461. The van der Waals surface area contributed by atoms with Gasteiger partial charge in [0.25, 0.3) is 10.2 Å². The van der Waals surface area contributed by atoms with Crippen molar-refractivity contribution in [2.75, 3.05) is 0 Å². The number of carboxylic acid groups (broad SMARTS) is 1. The Morgan fingerprint density at radius 2 is 1.76 bits per heavy atom. The lowest BCUT2D eigenvalue weighted by molar-refractivity contribution is -0.797. The molecule has 12 nitrogen and oxygen atoms in total. The predicted molar refractivity (Wildman–Crippen MR) is 109 cm³/mol. The van der Waals surface area contributed by atoms with E-state index in [-0.39, 0.29) is 6.61 Å². The lowest BCUT2D eigenvalue weighted by atomic mass is 9.74. The number of ether oxygens (including phenoxy) is 1. The van der Waals surface area contributed by atoms with Gasteiger partial charge in [-0.15, -0.1) is 20.2 Å². The third kappa shape index (κ3) is 4.02. The Balaban J connectivity index is 1.81. The molecule has 33 heavy (non-hydrogen) atoms. The van der Waals surface area contributed by atoms with Crippen LogP contribution in [0.2, 0.25) is 5.02 Å². The van der Waals surface area contributed by atoms with E-state index >= 15 is 0 Å². The molecule has 4 atom stereocenters. The van der Waals surface area contributed by atoms with E-state index in [0.29, 0.717) is 27.4 Å². The van der Waals surface area contributed by atoms with E-state index in [9.17, 15) is 30.1 Å². The van der Waals surface area contributed by atoms with Gasteiger partial charge in [-0.2, -0.15) is 0 Å². The number of rotatable bonds is 7. The Hall–Kier alpha value is -3.51. The summed E-state index contributed by atoms with van der Waals surface area (Å²) in [7, 11) is 0. The molecule has 0 radical (unpaired) electrons. The van der Waals surface area contributed by atoms with Gasteiger partial charge in [-0.1, -0.05) is 23.7 Å². The van der Waals surface area contributed by atoms with Crippen molar-refractivity contribution < 1.29 is 34.5 Å². The first-order valence-corrected chi connectivity index (χ1v) is 10.2. The van der Waals surface area contributed by atoms with Gasteiger partial charge in [0.05, 0.1) is 12.0 Å². The zero-order chi connectivity index (χ0) is 23.9. The molecule has 0 bridgehead atoms. The average molecular weight is 480 g/mol. The van der Waals surface area contributed by atoms with E-state index in [2.05, 4.69) is 14.7 Å². The second-order valence-electron chi connectivity index (χ2n) is 7.93. The van der Waals surface area contributed by atoms with Gasteiger partial charge in [0.15, 0.2) is 0 Å². The number of aryl methyl sites for hydroxylation is 1. The van der Waals surface area contributed by atoms with Crippen LogP contribution in [0.4, 0.5) is 0 Å². The van der Waals surface area contributed by atoms with E-state index in [0.717, 1.165) is 5.56 Å². The monoisotopic (exact) mass is 479 g/mol. The van der Waals surface area contributed by atoms with E-state index in [1.54, 1.807) is 37.4 Å². The first-order chi connectivity index (χ1) is 15.6. The summed E-state index contributed by atoms with van der Waals surface area (Å²) in [6.45, 7) is 1.68. The summed E-state index contributed by atoms with van der Waals surface area (Å²) < 4.78 is 5.96. The van der Waals surface area contributed by atoms with Crippen LogP contribution in [0.15, 0.2) is 30.5 Å². The summed E-state index contributed by atoms with van der Waals surface area (Å²) in [6.07, 6.45) is -2.65. The van der Waals surface area contributed by atoms with Crippen molar-refractivity contribution in [3.05, 3.63) is 83.7 Å². The molecule has 2 heterocycles. The summed E-state index contributed by atoms with van der Waals surface area (Å²) in [5, 5.41) is 30.5. The van der Waals surface area contributed by atoms with Crippen LogP contribution in [0, 0.1) is 27.2 Å². The maximum atomic E-state index is 12.6. The van der Waals surface area contributed by atoms with Gasteiger partial charge in [0, 0.05) is 22.5 Å². The summed E-state index contributed by atoms with van der Waals surface area (Å²) >= 11 is 5.97. The van der Waals surface area contributed by atoms with Crippen molar-refractivity contribution in [1.29, 1.82) is 0 Å². The van der Waals surface area contributed by atoms with Crippen LogP contribution in [0.25, 0.3) is 0 Å². The van der Waals surface area contributed by atoms with Gasteiger partial charge in [-0.05, 0) is 48.6 Å². The van der Waals surface area contributed by atoms with Crippen LogP contribution in [0.3, 0.4) is 0 Å². The van der Waals surface area contributed by atoms with E-state index in [4.69, 9.17) is 16.3 Å². The molecule has 0 amide bonds. The fraction of sp³-hybridized carbons (Fsp3) is 0.400. The molecule has 1 aromatic heterocycles. The second-order valence-corrected chi connectivity index (χ2v) is 8.36. The highest BCUT2D eigenvalue weighted by atomic mass is 35.5. The molecule has 1 aliphatic carbocycles. The van der Waals surface area contributed by atoms with Crippen molar-refractivity contribution in [2.45, 2.75) is 50.1 Å². The predicted octanol–water partition coefficient (Wildman–Crippen LogP) is 2.93. The van der Waals surface area contributed by atoms with Crippen molar-refractivity contribution in [2.24, 2.45) is 0 Å². The smallest absolute Gasteiger partial charge is 0.314 e. The summed E-state index contributed by atoms with van der Waals surface area (Å²) in [5.41, 5.74) is 0.917. The number of hydrogen-bond donors (Lipinski definition) is 1. The number of carboxylic acids is 1. The topological polar surface area (TPSA) is 164 Å². The fourth-order valence-corrected chi connectivity index (χ4v) is 4.93. The zero-order valence-corrected chi connectivity index (χ0v) is 17.9. The molecule has 2 aliphatic rings. The molecule has 4 rings (SSSR count). The molecular formula is C20H18ClN3O9. The van der Waals surface area contributed by atoms with Gasteiger partial charge >= 0.3 is 5.97 Å². The number of halogens is 1. The number of nitrogens with zero attached hydrogens (tertiary/aromatic N) is 3. The van der Waals surface area contributed by atoms with Gasteiger partial charge in [-0.25, -0.2) is 0 Å². The van der Waals surface area contributed by atoms with Gasteiger partial charge < -0.3 is 19.5 Å². The number of hydrogen-bond acceptors (Lipinski definition) is 9. The number of fused-ring (bicyclic) bond motifs is 1. The highest BCUT2D eigenvalue weighted by molar-refractivity contribution is 6.30. The third-order valence-corrected chi connectivity index (χ3v) is 6.36. The molecule has 0 spiro atoms. The number of benzene rings is 1. The van der Waals surface area contributed by atoms with Crippen molar-refractivity contribution in [3.63, 3.8) is 0 Å². The maximum Gasteiger partial charge on any atom is 0.314 e. The number of aliphatic carboxylic acids is 1. The molecule has 13 heteroatoms. The van der Waals surface area contributed by atoms with E-state index in [1.165, 1.54) is 0 Å². The van der Waals surface area contributed by atoms with Gasteiger partial charge in [0.2, 0.25) is 0 Å². The Morgan fingerprint density at radius 1 is 1.18 bits per heavy atom. The fourth-order valence-electron chi connectivity index (χ4n) is 4.81. The van der Waals surface area contributed by atoms with Crippen LogP contribution < -0.4 is 0 Å². The molecule has 0 saturated heterocycles. The highest BCUT2D eigenvalue weighted by Crippen LogP contribution is 2.49. The molecule has 1 N–H and O–H groups in total. The Bertz CT molecular complexity index is 1100. The van der Waals surface area contributed by atoms with Crippen LogP contribution in [-0.2, 0) is 31.2 Å². The molecule has 1 aromatic carbocycles. The summed E-state index contributed by atoms with van der Waals surface area (Å²) in [4.78, 5) is 48.0. The van der Waals surface area contributed by atoms with Crippen molar-refractivity contribution in [1.82, 2.24) is 4.98 Å². The van der Waals surface area contributed by atoms with Crippen LogP contribution in [0.5, 0.6) is 0 Å². The average Bonchev–Trinajstić information content (AvgIpc) is 3.30. The van der Waals surface area contributed by atoms with E-state index in [1.807, 2.05) is 0 Å². The van der Waals surface area contributed by atoms with Gasteiger partial charge in [0.1, 0.15) is 18.3 Å². The minimum Gasteiger partial charge on any atom is -0.481 e. The molecule has 174 valence electrons. The molecule has 1 saturated carbocycles. The molecular weight excluding hydrogens is 462 g/mol. The van der Waals surface area contributed by atoms with Crippen LogP contribution in [-0.4, -0.2) is 38.4 Å².